The molecule has 0 bridgehead atoms. The summed E-state index contributed by atoms with van der Waals surface area (Å²) in [7, 11) is 0. The molecule has 0 aliphatic carbocycles. The number of nitrogens with zero attached hydrogens (tertiary/aromatic N) is 2. The van der Waals surface area contributed by atoms with Crippen LogP contribution in [0.3, 0.4) is 0 Å². The number of halogens is 1. The summed E-state index contributed by atoms with van der Waals surface area (Å²) in [5.41, 5.74) is 2.80. The van der Waals surface area contributed by atoms with Crippen LogP contribution in [0.4, 0.5) is 5.69 Å². The smallest absolute Gasteiger partial charge is 0.231 e. The fourth-order valence-electron chi connectivity index (χ4n) is 3.36. The van der Waals surface area contributed by atoms with Gasteiger partial charge in [-0.25, -0.2) is 4.98 Å². The van der Waals surface area contributed by atoms with Gasteiger partial charge in [0.05, 0.1) is 11.3 Å². The van der Waals surface area contributed by atoms with E-state index in [1.54, 1.807) is 42.6 Å². The second-order valence-corrected chi connectivity index (χ2v) is 7.25. The van der Waals surface area contributed by atoms with Gasteiger partial charge in [-0.2, -0.15) is 0 Å². The SMILES string of the molecule is Oc1cc(N=Cc2c(O)ccc3ccccc23)ccc1-c1nc2cc(Cl)ccc2o1. The number of fused-ring (bicyclic) bond motifs is 2. The lowest BCUT2D eigenvalue weighted by molar-refractivity contribution is 0.474. The minimum Gasteiger partial charge on any atom is -0.507 e. The van der Waals surface area contributed by atoms with Crippen molar-refractivity contribution in [2.45, 2.75) is 0 Å². The highest BCUT2D eigenvalue weighted by Crippen LogP contribution is 2.34. The van der Waals surface area contributed by atoms with Crippen LogP contribution in [0.5, 0.6) is 11.5 Å². The average molecular weight is 415 g/mol. The van der Waals surface area contributed by atoms with E-state index >= 15 is 0 Å². The highest BCUT2D eigenvalue weighted by molar-refractivity contribution is 6.31. The van der Waals surface area contributed by atoms with E-state index in [1.165, 1.54) is 6.07 Å². The highest BCUT2D eigenvalue weighted by atomic mass is 35.5. The Balaban J connectivity index is 1.50. The first-order chi connectivity index (χ1) is 14.6. The summed E-state index contributed by atoms with van der Waals surface area (Å²) in [6.07, 6.45) is 1.59. The number of rotatable bonds is 3. The normalized spacial score (nSPS) is 11.6. The second kappa shape index (κ2) is 7.21. The molecule has 0 saturated heterocycles. The molecule has 0 saturated carbocycles. The molecule has 30 heavy (non-hydrogen) atoms. The van der Waals surface area contributed by atoms with Crippen LogP contribution in [0.15, 0.2) is 82.2 Å². The maximum absolute atomic E-state index is 10.5. The molecule has 0 fully saturated rings. The zero-order valence-corrected chi connectivity index (χ0v) is 16.3. The minimum atomic E-state index is -0.00977. The monoisotopic (exact) mass is 414 g/mol. The quantitative estimate of drug-likeness (QED) is 0.332. The van der Waals surface area contributed by atoms with E-state index in [-0.39, 0.29) is 11.5 Å². The van der Waals surface area contributed by atoms with E-state index in [4.69, 9.17) is 16.0 Å². The Labute approximate surface area is 176 Å². The van der Waals surface area contributed by atoms with Crippen LogP contribution in [0.25, 0.3) is 33.3 Å². The maximum atomic E-state index is 10.5. The molecular weight excluding hydrogens is 400 g/mol. The van der Waals surface area contributed by atoms with Crippen LogP contribution < -0.4 is 0 Å². The molecule has 146 valence electrons. The van der Waals surface area contributed by atoms with Crippen LogP contribution in [0.2, 0.25) is 5.02 Å². The van der Waals surface area contributed by atoms with Crippen LogP contribution in [0.1, 0.15) is 5.56 Å². The van der Waals surface area contributed by atoms with Gasteiger partial charge in [0.15, 0.2) is 5.58 Å². The lowest BCUT2D eigenvalue weighted by Gasteiger charge is -2.05. The Morgan fingerprint density at radius 1 is 0.900 bits per heavy atom. The highest BCUT2D eigenvalue weighted by Gasteiger charge is 2.13. The molecule has 0 radical (unpaired) electrons. The summed E-state index contributed by atoms with van der Waals surface area (Å²) in [5, 5.41) is 23.2. The fraction of sp³-hybridized carbons (Fsp3) is 0. The molecule has 0 unspecified atom stereocenters. The van der Waals surface area contributed by atoms with Gasteiger partial charge in [0.2, 0.25) is 5.89 Å². The Morgan fingerprint density at radius 2 is 1.77 bits per heavy atom. The molecule has 5 nitrogen and oxygen atoms in total. The van der Waals surface area contributed by atoms with Gasteiger partial charge in [-0.3, -0.25) is 4.99 Å². The number of phenols is 2. The van der Waals surface area contributed by atoms with Crippen molar-refractivity contribution in [2.75, 3.05) is 0 Å². The summed E-state index contributed by atoms with van der Waals surface area (Å²) in [6.45, 7) is 0. The van der Waals surface area contributed by atoms with Gasteiger partial charge >= 0.3 is 0 Å². The number of aromatic hydroxyl groups is 2. The molecule has 4 aromatic carbocycles. The maximum Gasteiger partial charge on any atom is 0.231 e. The molecule has 0 atom stereocenters. The lowest BCUT2D eigenvalue weighted by atomic mass is 10.0. The summed E-state index contributed by atoms with van der Waals surface area (Å²) in [6, 6.07) is 21.4. The van der Waals surface area contributed by atoms with Crippen LogP contribution in [-0.2, 0) is 0 Å². The molecule has 0 spiro atoms. The minimum absolute atomic E-state index is 0.00977. The van der Waals surface area contributed by atoms with Crippen molar-refractivity contribution in [3.63, 3.8) is 0 Å². The first kappa shape index (κ1) is 18.2. The number of hydrogen-bond donors (Lipinski definition) is 2. The zero-order chi connectivity index (χ0) is 20.7. The molecule has 5 rings (SSSR count). The van der Waals surface area contributed by atoms with E-state index in [1.807, 2.05) is 30.3 Å². The number of phenolic OH excluding ortho intramolecular Hbond substituents is 2. The first-order valence-corrected chi connectivity index (χ1v) is 9.60. The standard InChI is InChI=1S/C24H15ClN2O3/c25-15-6-10-23-20(11-15)27-24(30-23)18-8-7-16(12-22(18)29)26-13-19-17-4-2-1-3-14(17)5-9-21(19)28/h1-13,28-29H. The second-order valence-electron chi connectivity index (χ2n) is 6.81. The van der Waals surface area contributed by atoms with Gasteiger partial charge in [-0.05, 0) is 47.2 Å². The number of aromatic nitrogens is 1. The Morgan fingerprint density at radius 3 is 2.63 bits per heavy atom. The van der Waals surface area contributed by atoms with E-state index < -0.39 is 0 Å². The molecule has 6 heteroatoms. The summed E-state index contributed by atoms with van der Waals surface area (Å²) >= 11 is 5.99. The third kappa shape index (κ3) is 3.25. The van der Waals surface area contributed by atoms with Crippen LogP contribution >= 0.6 is 11.6 Å². The topological polar surface area (TPSA) is 78.9 Å². The fourth-order valence-corrected chi connectivity index (χ4v) is 3.52. The molecule has 0 amide bonds. The van der Waals surface area contributed by atoms with E-state index in [0.717, 1.165) is 10.8 Å². The number of hydrogen-bond acceptors (Lipinski definition) is 5. The largest absolute Gasteiger partial charge is 0.507 e. The Bertz CT molecular complexity index is 1440. The molecule has 0 aliphatic heterocycles. The number of oxazole rings is 1. The number of benzene rings is 4. The lowest BCUT2D eigenvalue weighted by Crippen LogP contribution is -1.86. The van der Waals surface area contributed by atoms with Gasteiger partial charge in [-0.15, -0.1) is 0 Å². The van der Waals surface area contributed by atoms with Crippen molar-refractivity contribution in [3.05, 3.63) is 83.4 Å². The van der Waals surface area contributed by atoms with E-state index in [2.05, 4.69) is 9.98 Å². The van der Waals surface area contributed by atoms with E-state index in [0.29, 0.717) is 38.8 Å². The third-order valence-corrected chi connectivity index (χ3v) is 5.09. The predicted octanol–water partition coefficient (Wildman–Crippen LogP) is 6.46. The van der Waals surface area contributed by atoms with Crippen molar-refractivity contribution in [2.24, 2.45) is 4.99 Å². The molecule has 1 aromatic heterocycles. The van der Waals surface area contributed by atoms with Gasteiger partial charge in [0, 0.05) is 22.9 Å². The zero-order valence-electron chi connectivity index (χ0n) is 15.6. The van der Waals surface area contributed by atoms with Crippen molar-refractivity contribution < 1.29 is 14.6 Å². The summed E-state index contributed by atoms with van der Waals surface area (Å²) in [5.74, 6) is 0.430. The molecular formula is C24H15ClN2O3. The first-order valence-electron chi connectivity index (χ1n) is 9.23. The number of aliphatic imine (C=N–C) groups is 1. The van der Waals surface area contributed by atoms with Crippen LogP contribution in [0, 0.1) is 0 Å². The molecule has 0 aliphatic rings. The van der Waals surface area contributed by atoms with Crippen molar-refractivity contribution >= 4 is 45.4 Å². The van der Waals surface area contributed by atoms with Gasteiger partial charge in [0.1, 0.15) is 17.0 Å². The van der Waals surface area contributed by atoms with Crippen molar-refractivity contribution in [1.82, 2.24) is 4.98 Å². The summed E-state index contributed by atoms with van der Waals surface area (Å²) < 4.78 is 5.72. The molecule has 2 N–H and O–H groups in total. The predicted molar refractivity (Wildman–Crippen MR) is 119 cm³/mol. The molecule has 5 aromatic rings. The van der Waals surface area contributed by atoms with Crippen molar-refractivity contribution in [3.8, 4) is 23.0 Å². The Kier molecular flexibility index (Phi) is 4.38. The van der Waals surface area contributed by atoms with E-state index in [9.17, 15) is 10.2 Å². The van der Waals surface area contributed by atoms with Gasteiger partial charge in [-0.1, -0.05) is 41.9 Å². The summed E-state index contributed by atoms with van der Waals surface area (Å²) in [4.78, 5) is 8.81. The van der Waals surface area contributed by atoms with Gasteiger partial charge < -0.3 is 14.6 Å². The third-order valence-electron chi connectivity index (χ3n) is 4.85. The van der Waals surface area contributed by atoms with Crippen LogP contribution in [-0.4, -0.2) is 21.4 Å². The average Bonchev–Trinajstić information content (AvgIpc) is 3.16. The van der Waals surface area contributed by atoms with Crippen molar-refractivity contribution in [1.29, 1.82) is 0 Å². The molecule has 1 heterocycles. The Hall–Kier alpha value is -3.83. The van der Waals surface area contributed by atoms with Gasteiger partial charge in [0.25, 0.3) is 0 Å².